The summed E-state index contributed by atoms with van der Waals surface area (Å²) in [5.41, 5.74) is 7.76. The summed E-state index contributed by atoms with van der Waals surface area (Å²) < 4.78 is 2.29. The number of nitrogens with zero attached hydrogens (tertiary/aromatic N) is 4. The van der Waals surface area contributed by atoms with Crippen LogP contribution in [0.25, 0.3) is 60.4 Å². The van der Waals surface area contributed by atoms with Crippen LogP contribution in [-0.2, 0) is 0 Å². The molecule has 0 aliphatic carbocycles. The predicted molar refractivity (Wildman–Crippen MR) is 165 cm³/mol. The molecule has 0 spiro atoms. The number of hydrogen-bond acceptors (Lipinski definition) is 3. The molecule has 0 amide bonds. The zero-order valence-corrected chi connectivity index (χ0v) is 21.5. The number of para-hydroxylation sites is 4. The maximum absolute atomic E-state index is 5.40. The second kappa shape index (κ2) is 8.01. The van der Waals surface area contributed by atoms with Crippen molar-refractivity contribution in [3.8, 4) is 16.9 Å². The minimum atomic E-state index is 0.657. The van der Waals surface area contributed by atoms with E-state index in [1.165, 1.54) is 32.7 Å². The quantitative estimate of drug-likeness (QED) is 0.232. The Labute approximate surface area is 230 Å². The van der Waals surface area contributed by atoms with Gasteiger partial charge in [0.1, 0.15) is 0 Å². The summed E-state index contributed by atoms with van der Waals surface area (Å²) in [5.74, 6) is 1.53. The van der Waals surface area contributed by atoms with E-state index in [9.17, 15) is 0 Å². The highest BCUT2D eigenvalue weighted by atomic mass is 15.3. The van der Waals surface area contributed by atoms with Gasteiger partial charge in [-0.3, -0.25) is 9.47 Å². The van der Waals surface area contributed by atoms with Crippen LogP contribution in [0.4, 0.5) is 17.3 Å². The van der Waals surface area contributed by atoms with Crippen molar-refractivity contribution in [2.24, 2.45) is 0 Å². The zero-order valence-electron chi connectivity index (χ0n) is 21.5. The molecule has 0 unspecified atom stereocenters. The fraction of sp³-hybridized carbons (Fsp3) is 0. The molecule has 4 heteroatoms. The van der Waals surface area contributed by atoms with Crippen molar-refractivity contribution in [2.45, 2.75) is 0 Å². The summed E-state index contributed by atoms with van der Waals surface area (Å²) in [7, 11) is 0. The molecule has 4 nitrogen and oxygen atoms in total. The summed E-state index contributed by atoms with van der Waals surface area (Å²) in [4.78, 5) is 12.8. The standard InChI is InChI=1S/C36H22N4/c1-5-18-29-28(16-1)35(39-30-19-6-2-13-24(30)25-14-3-7-20-31(25)39)38-36(37-29)40-32-21-8-4-15-26(32)27-17-9-11-23-12-10-22-33(40)34(23)27/h1-22H. The Balaban J connectivity index is 1.42. The third-order valence-corrected chi connectivity index (χ3v) is 8.12. The number of benzene rings is 6. The van der Waals surface area contributed by atoms with E-state index in [4.69, 9.17) is 9.97 Å². The molecule has 0 atom stereocenters. The van der Waals surface area contributed by atoms with E-state index in [1.54, 1.807) is 0 Å². The lowest BCUT2D eigenvalue weighted by Crippen LogP contribution is -2.18. The lowest BCUT2D eigenvalue weighted by Gasteiger charge is -2.32. The van der Waals surface area contributed by atoms with Gasteiger partial charge in [-0.15, -0.1) is 0 Å². The SMILES string of the molecule is c1ccc2c(c1)-c1cccc3cccc(c13)N2c1nc(-n2c3ccccc3c3ccccc32)c2ccccc2n1. The topological polar surface area (TPSA) is 34.0 Å². The Bertz CT molecular complexity index is 2240. The van der Waals surface area contributed by atoms with E-state index < -0.39 is 0 Å². The van der Waals surface area contributed by atoms with E-state index in [0.717, 1.165) is 39.1 Å². The van der Waals surface area contributed by atoms with Gasteiger partial charge >= 0.3 is 0 Å². The summed E-state index contributed by atoms with van der Waals surface area (Å²) in [6.07, 6.45) is 0. The first-order valence-corrected chi connectivity index (χ1v) is 13.5. The van der Waals surface area contributed by atoms with Crippen molar-refractivity contribution in [2.75, 3.05) is 4.90 Å². The molecule has 186 valence electrons. The predicted octanol–water partition coefficient (Wildman–Crippen LogP) is 9.33. The van der Waals surface area contributed by atoms with Crippen LogP contribution in [0, 0.1) is 0 Å². The highest BCUT2D eigenvalue weighted by molar-refractivity contribution is 6.14. The van der Waals surface area contributed by atoms with Crippen molar-refractivity contribution in [1.82, 2.24) is 14.5 Å². The first kappa shape index (κ1) is 21.5. The molecule has 0 N–H and O–H groups in total. The summed E-state index contributed by atoms with van der Waals surface area (Å²) in [6.45, 7) is 0. The molecule has 0 bridgehead atoms. The summed E-state index contributed by atoms with van der Waals surface area (Å²) >= 11 is 0. The van der Waals surface area contributed by atoms with Crippen LogP contribution >= 0.6 is 0 Å². The molecule has 0 fully saturated rings. The van der Waals surface area contributed by atoms with Crippen LogP contribution in [0.1, 0.15) is 0 Å². The molecule has 1 aliphatic heterocycles. The van der Waals surface area contributed by atoms with Gasteiger partial charge in [0.05, 0.1) is 27.9 Å². The molecule has 3 heterocycles. The number of aromatic nitrogens is 3. The Morgan fingerprint density at radius 3 is 1.85 bits per heavy atom. The van der Waals surface area contributed by atoms with Gasteiger partial charge in [-0.25, -0.2) is 4.98 Å². The van der Waals surface area contributed by atoms with Crippen molar-refractivity contribution < 1.29 is 0 Å². The van der Waals surface area contributed by atoms with Crippen molar-refractivity contribution in [3.63, 3.8) is 0 Å². The lowest BCUT2D eigenvalue weighted by atomic mass is 9.91. The second-order valence-electron chi connectivity index (χ2n) is 10.3. The van der Waals surface area contributed by atoms with Crippen molar-refractivity contribution in [3.05, 3.63) is 133 Å². The van der Waals surface area contributed by atoms with Crippen LogP contribution in [0.15, 0.2) is 133 Å². The minimum Gasteiger partial charge on any atom is -0.293 e. The number of rotatable bonds is 2. The van der Waals surface area contributed by atoms with E-state index in [0.29, 0.717) is 5.95 Å². The molecule has 8 aromatic rings. The molecule has 0 saturated heterocycles. The first-order chi connectivity index (χ1) is 19.9. The smallest absolute Gasteiger partial charge is 0.237 e. The minimum absolute atomic E-state index is 0.657. The third-order valence-electron chi connectivity index (χ3n) is 8.12. The maximum atomic E-state index is 5.40. The first-order valence-electron chi connectivity index (χ1n) is 13.5. The maximum Gasteiger partial charge on any atom is 0.237 e. The molecular formula is C36H22N4. The summed E-state index contributed by atoms with van der Waals surface area (Å²) in [6, 6.07) is 47.0. The lowest BCUT2D eigenvalue weighted by molar-refractivity contribution is 1.04. The van der Waals surface area contributed by atoms with Gasteiger partial charge in [0.15, 0.2) is 5.82 Å². The van der Waals surface area contributed by atoms with Gasteiger partial charge in [-0.2, -0.15) is 4.98 Å². The summed E-state index contributed by atoms with van der Waals surface area (Å²) in [5, 5.41) is 5.87. The van der Waals surface area contributed by atoms with E-state index in [-0.39, 0.29) is 0 Å². The van der Waals surface area contributed by atoms with Gasteiger partial charge in [-0.05, 0) is 47.3 Å². The van der Waals surface area contributed by atoms with Crippen LogP contribution < -0.4 is 4.90 Å². The Morgan fingerprint density at radius 2 is 1.05 bits per heavy atom. The molecule has 1 aliphatic rings. The number of anilines is 3. The highest BCUT2D eigenvalue weighted by Crippen LogP contribution is 2.50. The van der Waals surface area contributed by atoms with E-state index in [2.05, 4.69) is 143 Å². The Kier molecular flexibility index (Phi) is 4.30. The van der Waals surface area contributed by atoms with Crippen LogP contribution in [-0.4, -0.2) is 14.5 Å². The molecule has 6 aromatic carbocycles. The van der Waals surface area contributed by atoms with Crippen LogP contribution in [0.2, 0.25) is 0 Å². The molecule has 0 saturated carbocycles. The van der Waals surface area contributed by atoms with E-state index >= 15 is 0 Å². The average molecular weight is 511 g/mol. The van der Waals surface area contributed by atoms with Crippen LogP contribution in [0.5, 0.6) is 0 Å². The molecule has 0 radical (unpaired) electrons. The number of hydrogen-bond donors (Lipinski definition) is 0. The number of fused-ring (bicyclic) bond motifs is 6. The zero-order chi connectivity index (χ0) is 26.2. The third kappa shape index (κ3) is 2.85. The molecule has 2 aromatic heterocycles. The van der Waals surface area contributed by atoms with E-state index in [1.807, 2.05) is 0 Å². The van der Waals surface area contributed by atoms with Gasteiger partial charge in [0, 0.05) is 27.1 Å². The fourth-order valence-corrected chi connectivity index (χ4v) is 6.44. The monoisotopic (exact) mass is 510 g/mol. The molecule has 9 rings (SSSR count). The normalized spacial score (nSPS) is 12.4. The second-order valence-corrected chi connectivity index (χ2v) is 10.3. The van der Waals surface area contributed by atoms with Crippen molar-refractivity contribution >= 4 is 60.8 Å². The fourth-order valence-electron chi connectivity index (χ4n) is 6.44. The highest BCUT2D eigenvalue weighted by Gasteiger charge is 2.28. The van der Waals surface area contributed by atoms with Gasteiger partial charge in [0.25, 0.3) is 0 Å². The molecule has 40 heavy (non-hydrogen) atoms. The molecular weight excluding hydrogens is 488 g/mol. The Morgan fingerprint density at radius 1 is 0.450 bits per heavy atom. The van der Waals surface area contributed by atoms with Gasteiger partial charge in [0.2, 0.25) is 5.95 Å². The van der Waals surface area contributed by atoms with Gasteiger partial charge < -0.3 is 0 Å². The largest absolute Gasteiger partial charge is 0.293 e. The van der Waals surface area contributed by atoms with Crippen molar-refractivity contribution in [1.29, 1.82) is 0 Å². The van der Waals surface area contributed by atoms with Gasteiger partial charge in [-0.1, -0.05) is 97.1 Å². The van der Waals surface area contributed by atoms with Crippen LogP contribution in [0.3, 0.4) is 0 Å². The average Bonchev–Trinajstić information content (AvgIpc) is 3.35. The Hall–Kier alpha value is -5.48.